The molecule has 0 amide bonds. The maximum Gasteiger partial charge on any atom is 0.169 e. The molecule has 0 bridgehead atoms. The molecule has 0 aliphatic heterocycles. The second-order valence-electron chi connectivity index (χ2n) is 4.52. The van der Waals surface area contributed by atoms with E-state index in [9.17, 15) is 5.26 Å². The van der Waals surface area contributed by atoms with E-state index in [-0.39, 0.29) is 0 Å². The molecular weight excluding hydrogens is 286 g/mol. The molecule has 2 rings (SSSR count). The Kier molecular flexibility index (Phi) is 5.08. The van der Waals surface area contributed by atoms with E-state index < -0.39 is 0 Å². The summed E-state index contributed by atoms with van der Waals surface area (Å²) < 4.78 is 11.2. The molecule has 0 fully saturated rings. The highest BCUT2D eigenvalue weighted by atomic mass is 35.5. The van der Waals surface area contributed by atoms with Gasteiger partial charge in [-0.05, 0) is 41.8 Å². The molecule has 21 heavy (non-hydrogen) atoms. The molecule has 0 saturated carbocycles. The van der Waals surface area contributed by atoms with Gasteiger partial charge in [0.25, 0.3) is 0 Å². The van der Waals surface area contributed by atoms with Crippen molar-refractivity contribution in [1.29, 1.82) is 5.26 Å². The number of nitriles is 1. The molecule has 0 saturated heterocycles. The van der Waals surface area contributed by atoms with Crippen LogP contribution in [0.4, 0.5) is 0 Å². The van der Waals surface area contributed by atoms with Crippen molar-refractivity contribution >= 4 is 11.6 Å². The molecule has 0 aromatic heterocycles. The summed E-state index contributed by atoms with van der Waals surface area (Å²) in [7, 11) is 1.60. The third-order valence-corrected chi connectivity index (χ3v) is 3.48. The first-order chi connectivity index (χ1) is 10.2. The van der Waals surface area contributed by atoms with Crippen LogP contribution >= 0.6 is 11.6 Å². The Hall–Kier alpha value is -2.18. The van der Waals surface area contributed by atoms with Gasteiger partial charge in [-0.15, -0.1) is 11.6 Å². The Labute approximate surface area is 129 Å². The lowest BCUT2D eigenvalue weighted by atomic mass is 10.1. The highest BCUT2D eigenvalue weighted by Crippen LogP contribution is 2.34. The summed E-state index contributed by atoms with van der Waals surface area (Å²) >= 11 is 5.78. The van der Waals surface area contributed by atoms with E-state index in [1.54, 1.807) is 19.2 Å². The molecule has 0 atom stereocenters. The predicted octanol–water partition coefficient (Wildman–Crippen LogP) is 4.66. The molecule has 0 radical (unpaired) electrons. The maximum absolute atomic E-state index is 9.22. The number of hydrogen-bond donors (Lipinski definition) is 0. The fourth-order valence-corrected chi connectivity index (χ4v) is 2.14. The van der Waals surface area contributed by atoms with E-state index in [1.165, 1.54) is 0 Å². The van der Waals surface area contributed by atoms with Crippen LogP contribution in [0.3, 0.4) is 0 Å². The van der Waals surface area contributed by atoms with Crippen LogP contribution in [0.25, 0.3) is 0 Å². The highest BCUT2D eigenvalue weighted by Gasteiger charge is 2.10. The van der Waals surface area contributed by atoms with Gasteiger partial charge in [0.1, 0.15) is 11.8 Å². The zero-order valence-electron chi connectivity index (χ0n) is 12.0. The first-order valence-electron chi connectivity index (χ1n) is 6.65. The molecule has 0 aliphatic carbocycles. The lowest BCUT2D eigenvalue weighted by molar-refractivity contribution is 0.378. The van der Waals surface area contributed by atoms with Crippen molar-refractivity contribution in [1.82, 2.24) is 0 Å². The largest absolute Gasteiger partial charge is 0.493 e. The Morgan fingerprint density at radius 2 is 1.76 bits per heavy atom. The zero-order chi connectivity index (χ0) is 15.2. The molecular formula is C17H16ClNO2. The molecule has 2 aromatic carbocycles. The lowest BCUT2D eigenvalue weighted by Gasteiger charge is -2.13. The molecule has 0 aliphatic rings. The summed E-state index contributed by atoms with van der Waals surface area (Å²) in [6.45, 7) is 2.08. The number of hydrogen-bond acceptors (Lipinski definition) is 3. The van der Waals surface area contributed by atoms with Crippen LogP contribution in [0.1, 0.15) is 23.6 Å². The SMILES string of the molecule is CCc1ccc(Oc2ccc(CCl)cc2C#N)c(OC)c1. The normalized spacial score (nSPS) is 10.0. The number of nitrogens with zero attached hydrogens (tertiary/aromatic N) is 1. The second kappa shape index (κ2) is 7.01. The second-order valence-corrected chi connectivity index (χ2v) is 4.78. The Bertz CT molecular complexity index is 677. The third-order valence-electron chi connectivity index (χ3n) is 3.17. The number of benzene rings is 2. The van der Waals surface area contributed by atoms with Crippen molar-refractivity contribution in [3.63, 3.8) is 0 Å². The minimum atomic E-state index is 0.365. The van der Waals surface area contributed by atoms with E-state index in [4.69, 9.17) is 21.1 Å². The van der Waals surface area contributed by atoms with E-state index >= 15 is 0 Å². The summed E-state index contributed by atoms with van der Waals surface area (Å²) in [5, 5.41) is 9.22. The van der Waals surface area contributed by atoms with E-state index in [1.807, 2.05) is 24.3 Å². The molecule has 0 N–H and O–H groups in total. The fraction of sp³-hybridized carbons (Fsp3) is 0.235. The quantitative estimate of drug-likeness (QED) is 0.754. The fourth-order valence-electron chi connectivity index (χ4n) is 1.97. The van der Waals surface area contributed by atoms with E-state index in [0.717, 1.165) is 17.5 Å². The minimum absolute atomic E-state index is 0.365. The number of rotatable bonds is 5. The van der Waals surface area contributed by atoms with Gasteiger partial charge in [-0.3, -0.25) is 0 Å². The number of halogens is 1. The summed E-state index contributed by atoms with van der Waals surface area (Å²) in [5.74, 6) is 2.10. The average molecular weight is 302 g/mol. The zero-order valence-corrected chi connectivity index (χ0v) is 12.8. The van der Waals surface area contributed by atoms with E-state index in [0.29, 0.717) is 28.7 Å². The number of ether oxygens (including phenoxy) is 2. The van der Waals surface area contributed by atoms with Crippen LogP contribution in [0, 0.1) is 11.3 Å². The van der Waals surface area contributed by atoms with Gasteiger partial charge in [-0.25, -0.2) is 0 Å². The van der Waals surface area contributed by atoms with Crippen LogP contribution < -0.4 is 9.47 Å². The molecule has 4 heteroatoms. The summed E-state index contributed by atoms with van der Waals surface area (Å²) in [5.41, 5.74) is 2.50. The third kappa shape index (κ3) is 3.48. The number of alkyl halides is 1. The van der Waals surface area contributed by atoms with Crippen molar-refractivity contribution in [2.75, 3.05) is 7.11 Å². The lowest BCUT2D eigenvalue weighted by Crippen LogP contribution is -1.94. The first-order valence-corrected chi connectivity index (χ1v) is 7.19. The summed E-state index contributed by atoms with van der Waals surface area (Å²) in [6.07, 6.45) is 0.921. The van der Waals surface area contributed by atoms with Gasteiger partial charge in [0.2, 0.25) is 0 Å². The van der Waals surface area contributed by atoms with Gasteiger partial charge in [0, 0.05) is 5.88 Å². The van der Waals surface area contributed by atoms with Gasteiger partial charge in [-0.2, -0.15) is 5.26 Å². The summed E-state index contributed by atoms with van der Waals surface area (Å²) in [4.78, 5) is 0. The van der Waals surface area contributed by atoms with E-state index in [2.05, 4.69) is 13.0 Å². The molecule has 3 nitrogen and oxygen atoms in total. The van der Waals surface area contributed by atoms with Gasteiger partial charge in [-0.1, -0.05) is 19.1 Å². The van der Waals surface area contributed by atoms with Crippen molar-refractivity contribution < 1.29 is 9.47 Å². The first kappa shape index (κ1) is 15.2. The average Bonchev–Trinajstić information content (AvgIpc) is 2.55. The molecule has 0 unspecified atom stereocenters. The molecule has 2 aromatic rings. The monoisotopic (exact) mass is 301 g/mol. The van der Waals surface area contributed by atoms with Crippen LogP contribution in [-0.4, -0.2) is 7.11 Å². The Morgan fingerprint density at radius 3 is 2.38 bits per heavy atom. The van der Waals surface area contributed by atoms with Gasteiger partial charge >= 0.3 is 0 Å². The van der Waals surface area contributed by atoms with Gasteiger partial charge in [0.15, 0.2) is 11.5 Å². The van der Waals surface area contributed by atoms with Gasteiger partial charge < -0.3 is 9.47 Å². The molecule has 0 heterocycles. The van der Waals surface area contributed by atoms with Crippen LogP contribution in [0.5, 0.6) is 17.2 Å². The van der Waals surface area contributed by atoms with Crippen molar-refractivity contribution in [3.05, 3.63) is 53.1 Å². The molecule has 108 valence electrons. The van der Waals surface area contributed by atoms with Crippen molar-refractivity contribution in [3.8, 4) is 23.3 Å². The summed E-state index contributed by atoms with van der Waals surface area (Å²) in [6, 6.07) is 13.2. The predicted molar refractivity (Wildman–Crippen MR) is 83.2 cm³/mol. The van der Waals surface area contributed by atoms with Crippen LogP contribution in [-0.2, 0) is 12.3 Å². The smallest absolute Gasteiger partial charge is 0.169 e. The topological polar surface area (TPSA) is 42.2 Å². The minimum Gasteiger partial charge on any atom is -0.493 e. The highest BCUT2D eigenvalue weighted by molar-refractivity contribution is 6.17. The van der Waals surface area contributed by atoms with Gasteiger partial charge in [0.05, 0.1) is 12.7 Å². The molecule has 0 spiro atoms. The Morgan fingerprint density at radius 1 is 1.05 bits per heavy atom. The van der Waals surface area contributed by atoms with Crippen molar-refractivity contribution in [2.45, 2.75) is 19.2 Å². The Balaban J connectivity index is 2.36. The number of methoxy groups -OCH3 is 1. The van der Waals surface area contributed by atoms with Crippen molar-refractivity contribution in [2.24, 2.45) is 0 Å². The maximum atomic E-state index is 9.22. The van der Waals surface area contributed by atoms with Crippen LogP contribution in [0.15, 0.2) is 36.4 Å². The standard InChI is InChI=1S/C17H16ClNO2/c1-3-12-4-7-16(17(9-12)20-2)21-15-6-5-13(10-18)8-14(15)11-19/h4-9H,3,10H2,1-2H3. The van der Waals surface area contributed by atoms with Crippen LogP contribution in [0.2, 0.25) is 0 Å². The number of aryl methyl sites for hydroxylation is 1.